The molecule has 0 bridgehead atoms. The van der Waals surface area contributed by atoms with E-state index in [-0.39, 0.29) is 12.1 Å². The van der Waals surface area contributed by atoms with Gasteiger partial charge >= 0.3 is 0 Å². The minimum absolute atomic E-state index is 0.109. The Balaban J connectivity index is 2.35. The standard InChI is InChI=1S/C12H17N3S/c1-3-10(13)12(11-5-4-6-16-11)15-8-9(2)7-14-15/h4-8,10,12H,3,13H2,1-2H3. The lowest BCUT2D eigenvalue weighted by atomic mass is 10.1. The van der Waals surface area contributed by atoms with E-state index in [1.807, 2.05) is 17.8 Å². The normalized spacial score (nSPS) is 14.9. The average molecular weight is 235 g/mol. The maximum atomic E-state index is 6.20. The molecule has 2 heterocycles. The predicted octanol–water partition coefficient (Wildman–Crippen LogP) is 2.58. The largest absolute Gasteiger partial charge is 0.326 e. The van der Waals surface area contributed by atoms with Crippen LogP contribution in [0.25, 0.3) is 0 Å². The number of aromatic nitrogens is 2. The topological polar surface area (TPSA) is 43.8 Å². The molecule has 0 aromatic carbocycles. The Bertz CT molecular complexity index is 433. The quantitative estimate of drug-likeness (QED) is 0.885. The van der Waals surface area contributed by atoms with E-state index in [1.54, 1.807) is 11.3 Å². The zero-order chi connectivity index (χ0) is 11.5. The third-order valence-electron chi connectivity index (χ3n) is 2.73. The number of nitrogens with two attached hydrogens (primary N) is 1. The minimum Gasteiger partial charge on any atom is -0.326 e. The highest BCUT2D eigenvalue weighted by atomic mass is 32.1. The van der Waals surface area contributed by atoms with Crippen LogP contribution >= 0.6 is 11.3 Å². The Morgan fingerprint density at radius 1 is 1.56 bits per heavy atom. The number of hydrogen-bond donors (Lipinski definition) is 1. The average Bonchev–Trinajstić information content (AvgIpc) is 2.91. The molecule has 2 atom stereocenters. The highest BCUT2D eigenvalue weighted by Gasteiger charge is 2.21. The van der Waals surface area contributed by atoms with Gasteiger partial charge in [0, 0.05) is 17.1 Å². The Morgan fingerprint density at radius 3 is 2.88 bits per heavy atom. The van der Waals surface area contributed by atoms with E-state index in [9.17, 15) is 0 Å². The van der Waals surface area contributed by atoms with E-state index >= 15 is 0 Å². The summed E-state index contributed by atoms with van der Waals surface area (Å²) in [5.74, 6) is 0. The van der Waals surface area contributed by atoms with Crippen LogP contribution in [-0.4, -0.2) is 15.8 Å². The van der Waals surface area contributed by atoms with Gasteiger partial charge in [-0.15, -0.1) is 11.3 Å². The minimum atomic E-state index is 0.109. The summed E-state index contributed by atoms with van der Waals surface area (Å²) in [5, 5.41) is 6.47. The molecule has 2 rings (SSSR count). The van der Waals surface area contributed by atoms with E-state index in [4.69, 9.17) is 5.73 Å². The molecule has 2 unspecified atom stereocenters. The molecular formula is C12H17N3S. The fourth-order valence-electron chi connectivity index (χ4n) is 1.81. The summed E-state index contributed by atoms with van der Waals surface area (Å²) < 4.78 is 1.98. The predicted molar refractivity (Wildman–Crippen MR) is 67.7 cm³/mol. The summed E-state index contributed by atoms with van der Waals surface area (Å²) >= 11 is 1.74. The summed E-state index contributed by atoms with van der Waals surface area (Å²) in [6, 6.07) is 4.46. The van der Waals surface area contributed by atoms with Gasteiger partial charge in [-0.3, -0.25) is 4.68 Å². The Morgan fingerprint density at radius 2 is 2.38 bits per heavy atom. The van der Waals surface area contributed by atoms with E-state index < -0.39 is 0 Å². The number of hydrogen-bond acceptors (Lipinski definition) is 3. The third-order valence-corrected chi connectivity index (χ3v) is 3.67. The zero-order valence-corrected chi connectivity index (χ0v) is 10.4. The highest BCUT2D eigenvalue weighted by Crippen LogP contribution is 2.26. The summed E-state index contributed by atoms with van der Waals surface area (Å²) in [6.07, 6.45) is 4.88. The van der Waals surface area contributed by atoms with Gasteiger partial charge < -0.3 is 5.73 Å². The number of aryl methyl sites for hydroxylation is 1. The van der Waals surface area contributed by atoms with Crippen LogP contribution in [0.15, 0.2) is 29.9 Å². The first-order valence-electron chi connectivity index (χ1n) is 5.52. The van der Waals surface area contributed by atoms with Gasteiger partial charge in [0.05, 0.1) is 6.20 Å². The van der Waals surface area contributed by atoms with Crippen molar-refractivity contribution in [1.82, 2.24) is 9.78 Å². The van der Waals surface area contributed by atoms with Crippen molar-refractivity contribution in [3.63, 3.8) is 0 Å². The second kappa shape index (κ2) is 4.80. The molecule has 0 radical (unpaired) electrons. The Kier molecular flexibility index (Phi) is 3.41. The molecular weight excluding hydrogens is 218 g/mol. The van der Waals surface area contributed by atoms with Crippen molar-refractivity contribution in [3.8, 4) is 0 Å². The van der Waals surface area contributed by atoms with Crippen molar-refractivity contribution in [3.05, 3.63) is 40.3 Å². The van der Waals surface area contributed by atoms with Crippen LogP contribution < -0.4 is 5.73 Å². The summed E-state index contributed by atoms with van der Waals surface area (Å²) in [4.78, 5) is 1.28. The van der Waals surface area contributed by atoms with Gasteiger partial charge in [0.1, 0.15) is 6.04 Å². The van der Waals surface area contributed by atoms with Crippen LogP contribution in [-0.2, 0) is 0 Å². The van der Waals surface area contributed by atoms with Gasteiger partial charge in [-0.2, -0.15) is 5.10 Å². The van der Waals surface area contributed by atoms with Crippen molar-refractivity contribution >= 4 is 11.3 Å². The lowest BCUT2D eigenvalue weighted by molar-refractivity contribution is 0.429. The molecule has 0 saturated heterocycles. The smallest absolute Gasteiger partial charge is 0.101 e. The highest BCUT2D eigenvalue weighted by molar-refractivity contribution is 7.10. The molecule has 2 aromatic rings. The van der Waals surface area contributed by atoms with Crippen LogP contribution in [0, 0.1) is 6.92 Å². The maximum Gasteiger partial charge on any atom is 0.101 e. The molecule has 3 nitrogen and oxygen atoms in total. The van der Waals surface area contributed by atoms with Crippen molar-refractivity contribution in [2.45, 2.75) is 32.4 Å². The number of thiophene rings is 1. The Hall–Kier alpha value is -1.13. The van der Waals surface area contributed by atoms with Crippen molar-refractivity contribution in [1.29, 1.82) is 0 Å². The molecule has 0 amide bonds. The molecule has 0 spiro atoms. The second-order valence-corrected chi connectivity index (χ2v) is 5.01. The SMILES string of the molecule is CCC(N)C(c1cccs1)n1cc(C)cn1. The molecule has 0 aliphatic heterocycles. The van der Waals surface area contributed by atoms with Crippen molar-refractivity contribution in [2.24, 2.45) is 5.73 Å². The monoisotopic (exact) mass is 235 g/mol. The second-order valence-electron chi connectivity index (χ2n) is 4.03. The summed E-state index contributed by atoms with van der Waals surface area (Å²) in [6.45, 7) is 4.16. The van der Waals surface area contributed by atoms with Gasteiger partial charge in [0.2, 0.25) is 0 Å². The lowest BCUT2D eigenvalue weighted by Gasteiger charge is -2.22. The van der Waals surface area contributed by atoms with E-state index in [2.05, 4.69) is 35.7 Å². The lowest BCUT2D eigenvalue weighted by Crippen LogP contribution is -2.32. The molecule has 86 valence electrons. The molecule has 2 N–H and O–H groups in total. The zero-order valence-electron chi connectivity index (χ0n) is 9.63. The first-order valence-corrected chi connectivity index (χ1v) is 6.40. The van der Waals surface area contributed by atoms with E-state index in [0.29, 0.717) is 0 Å². The van der Waals surface area contributed by atoms with Crippen molar-refractivity contribution in [2.75, 3.05) is 0 Å². The molecule has 2 aromatic heterocycles. The number of nitrogens with zero attached hydrogens (tertiary/aromatic N) is 2. The molecule has 0 saturated carbocycles. The summed E-state index contributed by atoms with van der Waals surface area (Å²) in [5.41, 5.74) is 7.37. The van der Waals surface area contributed by atoms with Gasteiger partial charge in [0.25, 0.3) is 0 Å². The van der Waals surface area contributed by atoms with E-state index in [0.717, 1.165) is 6.42 Å². The third kappa shape index (κ3) is 2.18. The maximum absolute atomic E-state index is 6.20. The molecule has 0 fully saturated rings. The van der Waals surface area contributed by atoms with Crippen LogP contribution in [0.1, 0.15) is 29.8 Å². The molecule has 0 aliphatic carbocycles. The molecule has 16 heavy (non-hydrogen) atoms. The fraction of sp³-hybridized carbons (Fsp3) is 0.417. The van der Waals surface area contributed by atoms with Crippen LogP contribution in [0.5, 0.6) is 0 Å². The van der Waals surface area contributed by atoms with Crippen LogP contribution in [0.4, 0.5) is 0 Å². The van der Waals surface area contributed by atoms with E-state index in [1.165, 1.54) is 10.4 Å². The number of rotatable bonds is 4. The van der Waals surface area contributed by atoms with Gasteiger partial charge in [-0.25, -0.2) is 0 Å². The fourth-order valence-corrected chi connectivity index (χ4v) is 2.70. The first-order chi connectivity index (χ1) is 7.72. The summed E-state index contributed by atoms with van der Waals surface area (Å²) in [7, 11) is 0. The van der Waals surface area contributed by atoms with Gasteiger partial charge in [0.15, 0.2) is 0 Å². The molecule has 0 aliphatic rings. The van der Waals surface area contributed by atoms with Crippen LogP contribution in [0.3, 0.4) is 0 Å². The molecule has 4 heteroatoms. The Labute approximate surface area is 99.9 Å². The van der Waals surface area contributed by atoms with Crippen molar-refractivity contribution < 1.29 is 0 Å². The van der Waals surface area contributed by atoms with Gasteiger partial charge in [-0.05, 0) is 30.4 Å². The first kappa shape index (κ1) is 11.4. The van der Waals surface area contributed by atoms with Gasteiger partial charge in [-0.1, -0.05) is 13.0 Å². The van der Waals surface area contributed by atoms with Crippen LogP contribution in [0.2, 0.25) is 0 Å².